The summed E-state index contributed by atoms with van der Waals surface area (Å²) in [5, 5.41) is 4.15. The number of carbonyl (C=O) groups is 1. The van der Waals surface area contributed by atoms with Gasteiger partial charge in [0.15, 0.2) is 0 Å². The van der Waals surface area contributed by atoms with Crippen molar-refractivity contribution in [3.05, 3.63) is 71.0 Å². The summed E-state index contributed by atoms with van der Waals surface area (Å²) < 4.78 is 13.0. The maximum atomic E-state index is 13.0. The molecular weight excluding hydrogens is 327 g/mol. The number of hydrogen-bond acceptors (Lipinski definition) is 2. The zero-order valence-corrected chi connectivity index (χ0v) is 15.7. The van der Waals surface area contributed by atoms with Crippen LogP contribution in [0.25, 0.3) is 0 Å². The van der Waals surface area contributed by atoms with Gasteiger partial charge in [-0.1, -0.05) is 57.2 Å². The maximum absolute atomic E-state index is 13.0. The third-order valence-corrected chi connectivity index (χ3v) is 4.93. The summed E-state index contributed by atoms with van der Waals surface area (Å²) in [6.07, 6.45) is 0.853. The van der Waals surface area contributed by atoms with Crippen molar-refractivity contribution in [3.8, 4) is 0 Å². The molecule has 2 aromatic carbocycles. The van der Waals surface area contributed by atoms with Gasteiger partial charge in [0.2, 0.25) is 5.91 Å². The molecule has 26 heavy (non-hydrogen) atoms. The zero-order valence-electron chi connectivity index (χ0n) is 15.7. The highest BCUT2D eigenvalue weighted by atomic mass is 19.1. The lowest BCUT2D eigenvalue weighted by Crippen LogP contribution is -2.21. The van der Waals surface area contributed by atoms with Crippen LogP contribution < -0.4 is 5.43 Å². The Balaban J connectivity index is 1.59. The van der Waals surface area contributed by atoms with Crippen molar-refractivity contribution >= 4 is 11.6 Å². The molecule has 1 aliphatic rings. The molecule has 0 saturated heterocycles. The molecular formula is C22H25FN2O. The Labute approximate surface area is 154 Å². The van der Waals surface area contributed by atoms with E-state index in [9.17, 15) is 9.18 Å². The summed E-state index contributed by atoms with van der Waals surface area (Å²) in [5.41, 5.74) is 6.72. The van der Waals surface area contributed by atoms with E-state index in [1.807, 2.05) is 0 Å². The van der Waals surface area contributed by atoms with E-state index in [2.05, 4.69) is 55.6 Å². The van der Waals surface area contributed by atoms with Crippen molar-refractivity contribution in [2.24, 2.45) is 11.0 Å². The highest BCUT2D eigenvalue weighted by Crippen LogP contribution is 2.47. The monoisotopic (exact) mass is 352 g/mol. The van der Waals surface area contributed by atoms with Gasteiger partial charge in [-0.15, -0.1) is 0 Å². The van der Waals surface area contributed by atoms with Gasteiger partial charge in [0.1, 0.15) is 5.82 Å². The van der Waals surface area contributed by atoms with Crippen molar-refractivity contribution in [2.45, 2.75) is 45.4 Å². The Bertz CT molecular complexity index is 817. The topological polar surface area (TPSA) is 41.5 Å². The molecule has 1 aliphatic carbocycles. The highest BCUT2D eigenvalue weighted by molar-refractivity contribution is 5.99. The smallest absolute Gasteiger partial charge is 0.243 e. The molecule has 0 bridgehead atoms. The average Bonchev–Trinajstić information content (AvgIpc) is 3.40. The first-order valence-corrected chi connectivity index (χ1v) is 8.96. The lowest BCUT2D eigenvalue weighted by molar-refractivity contribution is -0.122. The summed E-state index contributed by atoms with van der Waals surface area (Å²) in [7, 11) is 0. The molecule has 4 heteroatoms. The molecule has 3 rings (SSSR count). The Morgan fingerprint density at radius 1 is 1.08 bits per heavy atom. The molecule has 0 aromatic heterocycles. The maximum Gasteiger partial charge on any atom is 0.243 e. The number of rotatable bonds is 4. The van der Waals surface area contributed by atoms with Crippen LogP contribution in [0.15, 0.2) is 53.6 Å². The molecule has 2 atom stereocenters. The number of hydrogen-bond donors (Lipinski definition) is 1. The van der Waals surface area contributed by atoms with Gasteiger partial charge in [-0.25, -0.2) is 9.82 Å². The first kappa shape index (κ1) is 18.3. The predicted octanol–water partition coefficient (Wildman–Crippen LogP) is 4.77. The Morgan fingerprint density at radius 3 is 2.27 bits per heavy atom. The SMILES string of the molecule is C/C(=N\NC(=O)[C@H]1C[C@H]1c1ccc(C(C)(C)C)cc1)c1ccc(F)cc1. The fourth-order valence-electron chi connectivity index (χ4n) is 3.06. The van der Waals surface area contributed by atoms with Crippen molar-refractivity contribution in [1.82, 2.24) is 5.43 Å². The van der Waals surface area contributed by atoms with E-state index in [1.165, 1.54) is 23.3 Å². The van der Waals surface area contributed by atoms with E-state index >= 15 is 0 Å². The van der Waals surface area contributed by atoms with Crippen molar-refractivity contribution in [1.29, 1.82) is 0 Å². The number of hydrazone groups is 1. The third-order valence-electron chi connectivity index (χ3n) is 4.93. The van der Waals surface area contributed by atoms with E-state index < -0.39 is 0 Å². The van der Waals surface area contributed by atoms with Gasteiger partial charge in [0.05, 0.1) is 5.71 Å². The molecule has 1 fully saturated rings. The minimum atomic E-state index is -0.288. The number of nitrogens with zero attached hydrogens (tertiary/aromatic N) is 1. The van der Waals surface area contributed by atoms with Crippen LogP contribution in [0.4, 0.5) is 4.39 Å². The minimum Gasteiger partial charge on any atom is -0.273 e. The summed E-state index contributed by atoms with van der Waals surface area (Å²) >= 11 is 0. The molecule has 1 N–H and O–H groups in total. The van der Waals surface area contributed by atoms with Gasteiger partial charge < -0.3 is 0 Å². The van der Waals surface area contributed by atoms with Gasteiger partial charge in [-0.2, -0.15) is 5.10 Å². The van der Waals surface area contributed by atoms with Gasteiger partial charge in [-0.3, -0.25) is 4.79 Å². The van der Waals surface area contributed by atoms with Crippen LogP contribution in [0.5, 0.6) is 0 Å². The van der Waals surface area contributed by atoms with Crippen molar-refractivity contribution in [2.75, 3.05) is 0 Å². The first-order valence-electron chi connectivity index (χ1n) is 8.96. The Kier molecular flexibility index (Phi) is 4.94. The second kappa shape index (κ2) is 7.02. The first-order chi connectivity index (χ1) is 12.3. The summed E-state index contributed by atoms with van der Waals surface area (Å²) in [6, 6.07) is 14.6. The van der Waals surface area contributed by atoms with Crippen LogP contribution in [0.2, 0.25) is 0 Å². The largest absolute Gasteiger partial charge is 0.273 e. The summed E-state index contributed by atoms with van der Waals surface area (Å²) in [4.78, 5) is 12.3. The molecule has 0 radical (unpaired) electrons. The number of amides is 1. The fraction of sp³-hybridized carbons (Fsp3) is 0.364. The zero-order chi connectivity index (χ0) is 18.9. The summed E-state index contributed by atoms with van der Waals surface area (Å²) in [6.45, 7) is 8.37. The predicted molar refractivity (Wildman–Crippen MR) is 103 cm³/mol. The Hall–Kier alpha value is -2.49. The van der Waals surface area contributed by atoms with E-state index in [4.69, 9.17) is 0 Å². The molecule has 2 aromatic rings. The van der Waals surface area contributed by atoms with E-state index in [1.54, 1.807) is 19.1 Å². The average molecular weight is 352 g/mol. The second-order valence-electron chi connectivity index (χ2n) is 8.00. The molecule has 1 amide bonds. The van der Waals surface area contributed by atoms with Crippen LogP contribution in [-0.2, 0) is 10.2 Å². The van der Waals surface area contributed by atoms with Gasteiger partial charge in [-0.05, 0) is 53.5 Å². The van der Waals surface area contributed by atoms with Crippen molar-refractivity contribution < 1.29 is 9.18 Å². The molecule has 136 valence electrons. The quantitative estimate of drug-likeness (QED) is 0.625. The number of carbonyl (C=O) groups excluding carboxylic acids is 1. The highest BCUT2D eigenvalue weighted by Gasteiger charge is 2.44. The molecule has 0 spiro atoms. The fourth-order valence-corrected chi connectivity index (χ4v) is 3.06. The van der Waals surface area contributed by atoms with Crippen LogP contribution in [0.3, 0.4) is 0 Å². The second-order valence-corrected chi connectivity index (χ2v) is 8.00. The molecule has 0 unspecified atom stereocenters. The van der Waals surface area contributed by atoms with Crippen LogP contribution in [-0.4, -0.2) is 11.6 Å². The minimum absolute atomic E-state index is 0.0275. The van der Waals surface area contributed by atoms with Crippen LogP contribution in [0, 0.1) is 11.7 Å². The summed E-state index contributed by atoms with van der Waals surface area (Å²) in [5.74, 6) is -0.106. The molecule has 3 nitrogen and oxygen atoms in total. The normalized spacial score (nSPS) is 20.0. The lowest BCUT2D eigenvalue weighted by Gasteiger charge is -2.19. The number of benzene rings is 2. The van der Waals surface area contributed by atoms with Crippen molar-refractivity contribution in [3.63, 3.8) is 0 Å². The standard InChI is InChI=1S/C22H25FN2O/c1-14(15-7-11-18(23)12-8-15)24-25-21(26)20-13-19(20)16-5-9-17(10-6-16)22(2,3)4/h5-12,19-20H,13H2,1-4H3,(H,25,26)/b24-14+/t19-,20-/m0/s1. The Morgan fingerprint density at radius 2 is 1.69 bits per heavy atom. The van der Waals surface area contributed by atoms with E-state index in [0.717, 1.165) is 12.0 Å². The lowest BCUT2D eigenvalue weighted by atomic mass is 9.86. The third kappa shape index (κ3) is 4.18. The van der Waals surface area contributed by atoms with E-state index in [-0.39, 0.29) is 29.0 Å². The van der Waals surface area contributed by atoms with Gasteiger partial charge in [0, 0.05) is 5.92 Å². The van der Waals surface area contributed by atoms with Gasteiger partial charge in [0.25, 0.3) is 0 Å². The van der Waals surface area contributed by atoms with Gasteiger partial charge >= 0.3 is 0 Å². The van der Waals surface area contributed by atoms with E-state index in [0.29, 0.717) is 5.71 Å². The molecule has 0 aliphatic heterocycles. The van der Waals surface area contributed by atoms with Crippen LogP contribution >= 0.6 is 0 Å². The number of nitrogens with one attached hydrogen (secondary N) is 1. The number of halogens is 1. The van der Waals surface area contributed by atoms with Crippen LogP contribution in [0.1, 0.15) is 56.7 Å². The molecule has 1 saturated carbocycles. The molecule has 0 heterocycles.